The van der Waals surface area contributed by atoms with Crippen molar-refractivity contribution in [1.82, 2.24) is 10.2 Å². The molecule has 2 atom stereocenters. The zero-order chi connectivity index (χ0) is 14.4. The van der Waals surface area contributed by atoms with Crippen LogP contribution in [0.5, 0.6) is 0 Å². The molecule has 4 heteroatoms. The highest BCUT2D eigenvalue weighted by atomic mass is 35.5. The predicted octanol–water partition coefficient (Wildman–Crippen LogP) is 2.67. The van der Waals surface area contributed by atoms with Crippen LogP contribution >= 0.6 is 11.6 Å². The lowest BCUT2D eigenvalue weighted by atomic mass is 10.1. The highest BCUT2D eigenvalue weighted by Crippen LogP contribution is 2.15. The Bertz CT molecular complexity index is 385. The van der Waals surface area contributed by atoms with E-state index >= 15 is 0 Å². The van der Waals surface area contributed by atoms with E-state index in [0.29, 0.717) is 11.9 Å². The molecule has 2 rings (SSSR count). The Morgan fingerprint density at radius 3 is 2.75 bits per heavy atom. The minimum Gasteiger partial charge on any atom is -0.374 e. The van der Waals surface area contributed by atoms with Crippen molar-refractivity contribution in [3.8, 4) is 0 Å². The summed E-state index contributed by atoms with van der Waals surface area (Å²) in [6.07, 6.45) is 0.251. The molecule has 0 spiro atoms. The first kappa shape index (κ1) is 15.8. The van der Waals surface area contributed by atoms with E-state index in [9.17, 15) is 0 Å². The van der Waals surface area contributed by atoms with Crippen LogP contribution in [0.1, 0.15) is 25.5 Å². The molecule has 0 aliphatic carbocycles. The van der Waals surface area contributed by atoms with Gasteiger partial charge in [0.2, 0.25) is 0 Å². The van der Waals surface area contributed by atoms with Crippen LogP contribution < -0.4 is 5.32 Å². The van der Waals surface area contributed by atoms with Gasteiger partial charge >= 0.3 is 0 Å². The van der Waals surface area contributed by atoms with Gasteiger partial charge in [-0.2, -0.15) is 0 Å². The van der Waals surface area contributed by atoms with E-state index in [1.54, 1.807) is 0 Å². The lowest BCUT2D eigenvalue weighted by molar-refractivity contribution is -0.0379. The van der Waals surface area contributed by atoms with Crippen molar-refractivity contribution >= 4 is 11.6 Å². The lowest BCUT2D eigenvalue weighted by Crippen LogP contribution is -2.49. The average Bonchev–Trinajstić information content (AvgIpc) is 2.49. The minimum atomic E-state index is 0.191. The van der Waals surface area contributed by atoms with Gasteiger partial charge in [-0.05, 0) is 19.4 Å². The lowest BCUT2D eigenvalue weighted by Gasteiger charge is -2.36. The molecule has 112 valence electrons. The minimum absolute atomic E-state index is 0.191. The summed E-state index contributed by atoms with van der Waals surface area (Å²) in [6.45, 7) is 8.17. The summed E-state index contributed by atoms with van der Waals surface area (Å²) in [5, 5.41) is 3.53. The normalized spacial score (nSPS) is 22.1. The van der Waals surface area contributed by atoms with Crippen molar-refractivity contribution in [1.29, 1.82) is 0 Å². The van der Waals surface area contributed by atoms with Gasteiger partial charge in [0.15, 0.2) is 0 Å². The smallest absolute Gasteiger partial charge is 0.0827 e. The van der Waals surface area contributed by atoms with Crippen LogP contribution in [0.3, 0.4) is 0 Å². The van der Waals surface area contributed by atoms with E-state index in [4.69, 9.17) is 16.3 Å². The molecule has 1 saturated heterocycles. The quantitative estimate of drug-likeness (QED) is 0.817. The number of hydrogen-bond donors (Lipinski definition) is 1. The summed E-state index contributed by atoms with van der Waals surface area (Å²) in [7, 11) is 0. The Morgan fingerprint density at radius 1 is 1.35 bits per heavy atom. The molecular formula is C16H25ClN2O. The third-order valence-corrected chi connectivity index (χ3v) is 4.16. The Hall–Kier alpha value is -0.610. The molecule has 2 unspecified atom stereocenters. The second kappa shape index (κ2) is 7.99. The van der Waals surface area contributed by atoms with Gasteiger partial charge in [-0.3, -0.25) is 4.90 Å². The molecule has 1 aliphatic rings. The van der Waals surface area contributed by atoms with Crippen LogP contribution in [0.4, 0.5) is 0 Å². The van der Waals surface area contributed by atoms with Crippen molar-refractivity contribution in [3.05, 3.63) is 35.9 Å². The van der Waals surface area contributed by atoms with E-state index in [1.807, 2.05) is 18.2 Å². The van der Waals surface area contributed by atoms with Gasteiger partial charge in [0.1, 0.15) is 0 Å². The molecule has 3 nitrogen and oxygen atoms in total. The van der Waals surface area contributed by atoms with E-state index in [0.717, 1.165) is 26.2 Å². The third-order valence-electron chi connectivity index (χ3n) is 3.85. The second-order valence-corrected chi connectivity index (χ2v) is 5.92. The van der Waals surface area contributed by atoms with Crippen molar-refractivity contribution in [3.63, 3.8) is 0 Å². The van der Waals surface area contributed by atoms with E-state index in [-0.39, 0.29) is 12.1 Å². The van der Waals surface area contributed by atoms with Crippen molar-refractivity contribution in [2.24, 2.45) is 0 Å². The highest BCUT2D eigenvalue weighted by molar-refractivity contribution is 6.18. The Kier molecular flexibility index (Phi) is 6.30. The highest BCUT2D eigenvalue weighted by Gasteiger charge is 2.22. The fourth-order valence-electron chi connectivity index (χ4n) is 2.56. The van der Waals surface area contributed by atoms with Crippen LogP contribution in [0.25, 0.3) is 0 Å². The number of nitrogens with zero attached hydrogens (tertiary/aromatic N) is 1. The average molecular weight is 297 g/mol. The number of halogens is 1. The van der Waals surface area contributed by atoms with E-state index in [2.05, 4.69) is 36.2 Å². The van der Waals surface area contributed by atoms with Crippen molar-refractivity contribution in [2.45, 2.75) is 32.0 Å². The van der Waals surface area contributed by atoms with Crippen LogP contribution in [-0.2, 0) is 4.74 Å². The molecular weight excluding hydrogens is 272 g/mol. The summed E-state index contributed by atoms with van der Waals surface area (Å²) in [5.41, 5.74) is 1.24. The van der Waals surface area contributed by atoms with Gasteiger partial charge in [0.25, 0.3) is 0 Å². The molecule has 0 aromatic heterocycles. The summed E-state index contributed by atoms with van der Waals surface area (Å²) in [6, 6.07) is 11.1. The van der Waals surface area contributed by atoms with Crippen LogP contribution in [-0.4, -0.2) is 49.2 Å². The van der Waals surface area contributed by atoms with Crippen LogP contribution in [0.2, 0.25) is 0 Å². The van der Waals surface area contributed by atoms with Gasteiger partial charge < -0.3 is 10.1 Å². The molecule has 0 bridgehead atoms. The number of rotatable bonds is 6. The monoisotopic (exact) mass is 296 g/mol. The maximum Gasteiger partial charge on any atom is 0.0827 e. The maximum absolute atomic E-state index is 6.09. The van der Waals surface area contributed by atoms with Crippen LogP contribution in [0, 0.1) is 0 Å². The fraction of sp³-hybridized carbons (Fsp3) is 0.625. The van der Waals surface area contributed by atoms with E-state index < -0.39 is 0 Å². The van der Waals surface area contributed by atoms with Gasteiger partial charge in [0, 0.05) is 37.6 Å². The van der Waals surface area contributed by atoms with Crippen LogP contribution in [0.15, 0.2) is 30.3 Å². The maximum atomic E-state index is 6.09. The topological polar surface area (TPSA) is 24.5 Å². The van der Waals surface area contributed by atoms with E-state index in [1.165, 1.54) is 5.56 Å². The largest absolute Gasteiger partial charge is 0.374 e. The summed E-state index contributed by atoms with van der Waals surface area (Å²) >= 11 is 6.09. The first-order valence-electron chi connectivity index (χ1n) is 7.40. The van der Waals surface area contributed by atoms with Crippen molar-refractivity contribution in [2.75, 3.05) is 32.1 Å². The molecule has 1 aliphatic heterocycles. The fourth-order valence-corrected chi connectivity index (χ4v) is 2.84. The molecule has 20 heavy (non-hydrogen) atoms. The molecule has 1 fully saturated rings. The summed E-state index contributed by atoms with van der Waals surface area (Å²) in [4.78, 5) is 2.47. The number of alkyl halides is 1. The predicted molar refractivity (Wildman–Crippen MR) is 84.4 cm³/mol. The standard InChI is InChI=1S/C16H25ClN2O/c1-13(2)19-8-9-20-15(12-19)11-18-16(10-17)14-6-4-3-5-7-14/h3-7,13,15-16,18H,8-12H2,1-2H3. The number of morpholine rings is 1. The van der Waals surface area contributed by atoms with Gasteiger partial charge in [0.05, 0.1) is 12.7 Å². The molecule has 0 saturated carbocycles. The summed E-state index contributed by atoms with van der Waals surface area (Å²) in [5.74, 6) is 0.574. The van der Waals surface area contributed by atoms with Gasteiger partial charge in [-0.1, -0.05) is 30.3 Å². The number of nitrogens with one attached hydrogen (secondary N) is 1. The molecule has 1 N–H and O–H groups in total. The number of hydrogen-bond acceptors (Lipinski definition) is 3. The molecule has 1 aromatic carbocycles. The Labute approximate surface area is 127 Å². The van der Waals surface area contributed by atoms with Crippen molar-refractivity contribution < 1.29 is 4.74 Å². The first-order valence-corrected chi connectivity index (χ1v) is 7.94. The zero-order valence-corrected chi connectivity index (χ0v) is 13.1. The zero-order valence-electron chi connectivity index (χ0n) is 12.4. The summed E-state index contributed by atoms with van der Waals surface area (Å²) < 4.78 is 5.84. The molecule has 1 aromatic rings. The second-order valence-electron chi connectivity index (χ2n) is 5.61. The van der Waals surface area contributed by atoms with Gasteiger partial charge in [-0.25, -0.2) is 0 Å². The number of ether oxygens (including phenoxy) is 1. The Morgan fingerprint density at radius 2 is 2.10 bits per heavy atom. The molecule has 1 heterocycles. The Balaban J connectivity index is 1.84. The molecule has 0 radical (unpaired) electrons. The third kappa shape index (κ3) is 4.45. The number of benzene rings is 1. The first-order chi connectivity index (χ1) is 9.70. The molecule has 0 amide bonds. The SMILES string of the molecule is CC(C)N1CCOC(CNC(CCl)c2ccccc2)C1. The van der Waals surface area contributed by atoms with Gasteiger partial charge in [-0.15, -0.1) is 11.6 Å².